The number of benzene rings is 1. The van der Waals surface area contributed by atoms with Gasteiger partial charge in [-0.05, 0) is 36.5 Å². The van der Waals surface area contributed by atoms with Gasteiger partial charge >= 0.3 is 0 Å². The van der Waals surface area contributed by atoms with Gasteiger partial charge in [0, 0.05) is 15.5 Å². The van der Waals surface area contributed by atoms with E-state index < -0.39 is 0 Å². The van der Waals surface area contributed by atoms with E-state index in [2.05, 4.69) is 15.9 Å². The number of hydrogen-bond acceptors (Lipinski definition) is 1. The van der Waals surface area contributed by atoms with Crippen LogP contribution in [0.15, 0.2) is 22.7 Å². The maximum absolute atomic E-state index is 6.08. The average Bonchev–Trinajstić information content (AvgIpc) is 2.85. The smallest absolute Gasteiger partial charge is 0.0417 e. The maximum Gasteiger partial charge on any atom is 0.0417 e. The molecule has 0 amide bonds. The van der Waals surface area contributed by atoms with Gasteiger partial charge in [0.1, 0.15) is 0 Å². The lowest BCUT2D eigenvalue weighted by atomic mass is 10.0. The molecule has 0 unspecified atom stereocenters. The summed E-state index contributed by atoms with van der Waals surface area (Å²) in [5.41, 5.74) is 7.25. The highest BCUT2D eigenvalue weighted by molar-refractivity contribution is 9.10. The van der Waals surface area contributed by atoms with E-state index in [-0.39, 0.29) is 6.04 Å². The Morgan fingerprint density at radius 3 is 2.69 bits per heavy atom. The second-order valence-electron chi connectivity index (χ2n) is 3.53. The van der Waals surface area contributed by atoms with E-state index in [1.54, 1.807) is 0 Å². The molecule has 3 heteroatoms. The minimum absolute atomic E-state index is 0.173. The molecule has 0 aromatic heterocycles. The van der Waals surface area contributed by atoms with E-state index >= 15 is 0 Å². The molecule has 0 spiro atoms. The summed E-state index contributed by atoms with van der Waals surface area (Å²) < 4.78 is 1.03. The number of nitrogens with two attached hydrogens (primary N) is 1. The Morgan fingerprint density at radius 1 is 1.46 bits per heavy atom. The molecule has 1 fully saturated rings. The highest BCUT2D eigenvalue weighted by Crippen LogP contribution is 2.41. The number of rotatable bonds is 2. The van der Waals surface area contributed by atoms with Gasteiger partial charge in [-0.15, -0.1) is 0 Å². The molecule has 1 aromatic rings. The van der Waals surface area contributed by atoms with Crippen LogP contribution in [0.2, 0.25) is 5.02 Å². The fraction of sp³-hybridized carbons (Fsp3) is 0.400. The van der Waals surface area contributed by atoms with Gasteiger partial charge in [-0.2, -0.15) is 0 Å². The molecule has 13 heavy (non-hydrogen) atoms. The molecule has 2 rings (SSSR count). The van der Waals surface area contributed by atoms with Crippen LogP contribution in [0, 0.1) is 5.92 Å². The Hall–Kier alpha value is -0.0500. The fourth-order valence-electron chi connectivity index (χ4n) is 1.48. The van der Waals surface area contributed by atoms with Gasteiger partial charge in [-0.25, -0.2) is 0 Å². The maximum atomic E-state index is 6.08. The molecule has 1 nitrogen and oxygen atoms in total. The van der Waals surface area contributed by atoms with Gasteiger partial charge in [-0.1, -0.05) is 33.6 Å². The molecular weight excluding hydrogens is 249 g/mol. The van der Waals surface area contributed by atoms with Gasteiger partial charge in [-0.3, -0.25) is 0 Å². The molecular formula is C10H11BrClN. The fourth-order valence-corrected chi connectivity index (χ4v) is 2.43. The Labute approximate surface area is 91.4 Å². The van der Waals surface area contributed by atoms with E-state index in [1.165, 1.54) is 18.4 Å². The molecule has 1 aliphatic carbocycles. The van der Waals surface area contributed by atoms with Crippen LogP contribution in [0.5, 0.6) is 0 Å². The summed E-state index contributed by atoms with van der Waals surface area (Å²) in [7, 11) is 0. The molecule has 1 atom stereocenters. The third-order valence-corrected chi connectivity index (χ3v) is 3.37. The van der Waals surface area contributed by atoms with Crippen molar-refractivity contribution in [3.8, 4) is 0 Å². The van der Waals surface area contributed by atoms with Crippen molar-refractivity contribution in [2.24, 2.45) is 11.7 Å². The molecule has 0 heterocycles. The van der Waals surface area contributed by atoms with Crippen LogP contribution in [0.3, 0.4) is 0 Å². The first-order chi connectivity index (χ1) is 6.18. The highest BCUT2D eigenvalue weighted by Gasteiger charge is 2.30. The lowest BCUT2D eigenvalue weighted by Crippen LogP contribution is -2.12. The molecule has 1 aliphatic rings. The molecule has 0 aliphatic heterocycles. The first-order valence-corrected chi connectivity index (χ1v) is 5.56. The summed E-state index contributed by atoms with van der Waals surface area (Å²) in [6, 6.07) is 5.98. The minimum atomic E-state index is 0.173. The molecule has 2 N–H and O–H groups in total. The van der Waals surface area contributed by atoms with Crippen LogP contribution in [0.4, 0.5) is 0 Å². The Morgan fingerprint density at radius 2 is 2.15 bits per heavy atom. The van der Waals surface area contributed by atoms with Crippen LogP contribution in [-0.4, -0.2) is 0 Å². The van der Waals surface area contributed by atoms with Gasteiger partial charge in [0.15, 0.2) is 0 Å². The molecule has 0 saturated heterocycles. The van der Waals surface area contributed by atoms with Gasteiger partial charge in [0.25, 0.3) is 0 Å². The van der Waals surface area contributed by atoms with E-state index in [9.17, 15) is 0 Å². The predicted octanol–water partition coefficient (Wildman–Crippen LogP) is 3.51. The van der Waals surface area contributed by atoms with Crippen LogP contribution < -0.4 is 5.73 Å². The van der Waals surface area contributed by atoms with Gasteiger partial charge in [0.2, 0.25) is 0 Å². The monoisotopic (exact) mass is 259 g/mol. The zero-order valence-electron chi connectivity index (χ0n) is 7.13. The van der Waals surface area contributed by atoms with Crippen LogP contribution >= 0.6 is 27.5 Å². The average molecular weight is 261 g/mol. The van der Waals surface area contributed by atoms with E-state index in [0.717, 1.165) is 9.50 Å². The summed E-state index contributed by atoms with van der Waals surface area (Å²) in [5, 5.41) is 0.749. The van der Waals surface area contributed by atoms with Crippen molar-refractivity contribution in [2.75, 3.05) is 0 Å². The van der Waals surface area contributed by atoms with E-state index in [0.29, 0.717) is 5.92 Å². The number of hydrogen-bond donors (Lipinski definition) is 1. The summed E-state index contributed by atoms with van der Waals surface area (Å²) in [6.07, 6.45) is 2.52. The van der Waals surface area contributed by atoms with Crippen molar-refractivity contribution in [1.29, 1.82) is 0 Å². The third-order valence-electron chi connectivity index (χ3n) is 2.45. The molecule has 70 valence electrons. The molecule has 1 aromatic carbocycles. The largest absolute Gasteiger partial charge is 0.324 e. The zero-order valence-corrected chi connectivity index (χ0v) is 9.48. The van der Waals surface area contributed by atoms with E-state index in [4.69, 9.17) is 17.3 Å². The van der Waals surface area contributed by atoms with Crippen LogP contribution in [0.1, 0.15) is 24.4 Å². The summed E-state index contributed by atoms with van der Waals surface area (Å²) in [6.45, 7) is 0. The first-order valence-electron chi connectivity index (χ1n) is 4.39. The normalized spacial score (nSPS) is 18.7. The lowest BCUT2D eigenvalue weighted by molar-refractivity contribution is 0.631. The Kier molecular flexibility index (Phi) is 2.63. The number of halogens is 2. The summed E-state index contributed by atoms with van der Waals surface area (Å²) in [5.74, 6) is 0.678. The van der Waals surface area contributed by atoms with Crippen molar-refractivity contribution in [3.05, 3.63) is 33.3 Å². The standard InChI is InChI=1S/C10H11BrClN/c11-9-5-7(12)3-4-8(9)10(13)6-1-2-6/h3-6,10H,1-2,13H2/t10-/m0/s1. The minimum Gasteiger partial charge on any atom is -0.324 e. The van der Waals surface area contributed by atoms with Gasteiger partial charge in [0.05, 0.1) is 0 Å². The van der Waals surface area contributed by atoms with Crippen molar-refractivity contribution in [2.45, 2.75) is 18.9 Å². The zero-order chi connectivity index (χ0) is 9.42. The highest BCUT2D eigenvalue weighted by atomic mass is 79.9. The molecule has 0 bridgehead atoms. The predicted molar refractivity (Wildman–Crippen MR) is 58.8 cm³/mol. The molecule has 0 radical (unpaired) electrons. The lowest BCUT2D eigenvalue weighted by Gasteiger charge is -2.12. The van der Waals surface area contributed by atoms with Crippen LogP contribution in [-0.2, 0) is 0 Å². The third kappa shape index (κ3) is 2.06. The van der Waals surface area contributed by atoms with E-state index in [1.807, 2.05) is 18.2 Å². The van der Waals surface area contributed by atoms with Crippen molar-refractivity contribution >= 4 is 27.5 Å². The quantitative estimate of drug-likeness (QED) is 0.865. The van der Waals surface area contributed by atoms with Crippen LogP contribution in [0.25, 0.3) is 0 Å². The Balaban J connectivity index is 2.28. The summed E-state index contributed by atoms with van der Waals surface area (Å²) >= 11 is 9.33. The van der Waals surface area contributed by atoms with Crippen molar-refractivity contribution in [3.63, 3.8) is 0 Å². The summed E-state index contributed by atoms with van der Waals surface area (Å²) in [4.78, 5) is 0. The topological polar surface area (TPSA) is 26.0 Å². The molecule has 1 saturated carbocycles. The first kappa shape index (κ1) is 9.50. The second-order valence-corrected chi connectivity index (χ2v) is 4.82. The SMILES string of the molecule is N[C@H](c1ccc(Cl)cc1Br)C1CC1. The van der Waals surface area contributed by atoms with Gasteiger partial charge < -0.3 is 5.73 Å². The Bertz CT molecular complexity index is 323. The second kappa shape index (κ2) is 3.60. The van der Waals surface area contributed by atoms with Crippen molar-refractivity contribution < 1.29 is 0 Å². The van der Waals surface area contributed by atoms with Crippen molar-refractivity contribution in [1.82, 2.24) is 0 Å².